The average molecular weight is 306 g/mol. The van der Waals surface area contributed by atoms with Crippen molar-refractivity contribution in [1.82, 2.24) is 0 Å². The Kier molecular flexibility index (Phi) is 6.22. The van der Waals surface area contributed by atoms with E-state index in [9.17, 15) is 0 Å². The van der Waals surface area contributed by atoms with Gasteiger partial charge in [0, 0.05) is 7.11 Å². The van der Waals surface area contributed by atoms with Gasteiger partial charge >= 0.3 is 0 Å². The third kappa shape index (κ3) is 3.99. The van der Waals surface area contributed by atoms with Gasteiger partial charge in [0.05, 0.1) is 19.8 Å². The number of rotatable bonds is 7. The predicted molar refractivity (Wildman–Crippen MR) is 81.5 cm³/mol. The van der Waals surface area contributed by atoms with Gasteiger partial charge in [-0.05, 0) is 24.6 Å². The predicted octanol–water partition coefficient (Wildman–Crippen LogP) is 1.99. The third-order valence-corrected chi connectivity index (χ3v) is 3.60. The highest BCUT2D eigenvalue weighted by Crippen LogP contribution is 2.27. The van der Waals surface area contributed by atoms with E-state index in [1.807, 2.05) is 31.2 Å². The molecule has 0 aromatic heterocycles. The first kappa shape index (κ1) is 16.8. The van der Waals surface area contributed by atoms with Crippen molar-refractivity contribution in [3.63, 3.8) is 0 Å². The molecule has 1 aliphatic rings. The Bertz CT molecular complexity index is 493. The van der Waals surface area contributed by atoms with Gasteiger partial charge in [-0.1, -0.05) is 18.1 Å². The summed E-state index contributed by atoms with van der Waals surface area (Å²) in [5.41, 5.74) is 1.05. The molecule has 0 amide bonds. The molecular formula is C17H22O5. The van der Waals surface area contributed by atoms with Crippen LogP contribution in [0.1, 0.15) is 12.5 Å². The number of hydrogen-bond donors (Lipinski definition) is 0. The molecule has 120 valence electrons. The SMILES string of the molecule is C#CCO[C@H]1[C@@H](OC)O[C@@H](C)[C@@H]1OCc1ccc(OC)cc1. The molecule has 0 spiro atoms. The second kappa shape index (κ2) is 8.16. The summed E-state index contributed by atoms with van der Waals surface area (Å²) in [4.78, 5) is 0. The van der Waals surface area contributed by atoms with Crippen molar-refractivity contribution < 1.29 is 23.7 Å². The summed E-state index contributed by atoms with van der Waals surface area (Å²) in [5.74, 6) is 3.27. The van der Waals surface area contributed by atoms with Crippen LogP contribution in [0.3, 0.4) is 0 Å². The normalized spacial score (nSPS) is 27.5. The van der Waals surface area contributed by atoms with E-state index in [1.54, 1.807) is 14.2 Å². The standard InChI is InChI=1S/C17H22O5/c1-5-10-20-16-15(12(2)22-17(16)19-4)21-11-13-6-8-14(18-3)9-7-13/h1,6-9,12,15-17H,10-11H2,2-4H3/t12-,15-,16+,17-/m0/s1. The van der Waals surface area contributed by atoms with E-state index >= 15 is 0 Å². The Morgan fingerprint density at radius 3 is 2.45 bits per heavy atom. The molecule has 5 heteroatoms. The zero-order chi connectivity index (χ0) is 15.9. The first-order valence-corrected chi connectivity index (χ1v) is 7.17. The summed E-state index contributed by atoms with van der Waals surface area (Å²) in [6.07, 6.45) is 4.08. The molecule has 1 aliphatic heterocycles. The lowest BCUT2D eigenvalue weighted by atomic mass is 10.1. The molecule has 1 aromatic carbocycles. The van der Waals surface area contributed by atoms with E-state index in [0.29, 0.717) is 6.61 Å². The van der Waals surface area contributed by atoms with E-state index in [2.05, 4.69) is 5.92 Å². The molecule has 0 saturated carbocycles. The number of ether oxygens (including phenoxy) is 5. The quantitative estimate of drug-likeness (QED) is 0.721. The first-order chi connectivity index (χ1) is 10.7. The number of terminal acetylenes is 1. The summed E-state index contributed by atoms with van der Waals surface area (Å²) in [7, 11) is 3.22. The molecule has 0 unspecified atom stereocenters. The second-order valence-electron chi connectivity index (χ2n) is 5.05. The van der Waals surface area contributed by atoms with Gasteiger partial charge in [-0.15, -0.1) is 6.42 Å². The highest BCUT2D eigenvalue weighted by molar-refractivity contribution is 5.26. The van der Waals surface area contributed by atoms with Crippen molar-refractivity contribution in [2.24, 2.45) is 0 Å². The lowest BCUT2D eigenvalue weighted by Gasteiger charge is -2.22. The van der Waals surface area contributed by atoms with Crippen LogP contribution in [0.2, 0.25) is 0 Å². The highest BCUT2D eigenvalue weighted by atomic mass is 16.7. The smallest absolute Gasteiger partial charge is 0.186 e. The van der Waals surface area contributed by atoms with Crippen molar-refractivity contribution in [1.29, 1.82) is 0 Å². The van der Waals surface area contributed by atoms with Crippen molar-refractivity contribution in [2.75, 3.05) is 20.8 Å². The minimum absolute atomic E-state index is 0.133. The molecule has 0 radical (unpaired) electrons. The summed E-state index contributed by atoms with van der Waals surface area (Å²) in [6, 6.07) is 7.73. The van der Waals surface area contributed by atoms with Crippen molar-refractivity contribution in [3.05, 3.63) is 29.8 Å². The van der Waals surface area contributed by atoms with Crippen LogP contribution in [0.4, 0.5) is 0 Å². The molecule has 1 heterocycles. The van der Waals surface area contributed by atoms with Crippen LogP contribution in [0.25, 0.3) is 0 Å². The average Bonchev–Trinajstić information content (AvgIpc) is 2.86. The fraction of sp³-hybridized carbons (Fsp3) is 0.529. The minimum Gasteiger partial charge on any atom is -0.497 e. The third-order valence-electron chi connectivity index (χ3n) is 3.60. The molecule has 1 saturated heterocycles. The van der Waals surface area contributed by atoms with Crippen LogP contribution < -0.4 is 4.74 Å². The highest BCUT2D eigenvalue weighted by Gasteiger charge is 2.44. The van der Waals surface area contributed by atoms with E-state index in [4.69, 9.17) is 30.1 Å². The zero-order valence-corrected chi connectivity index (χ0v) is 13.2. The Labute approximate surface area is 131 Å². The summed E-state index contributed by atoms with van der Waals surface area (Å²) < 4.78 is 27.7. The maximum atomic E-state index is 5.98. The monoisotopic (exact) mass is 306 g/mol. The fourth-order valence-electron chi connectivity index (χ4n) is 2.44. The topological polar surface area (TPSA) is 46.2 Å². The van der Waals surface area contributed by atoms with Gasteiger partial charge in [0.15, 0.2) is 6.29 Å². The Morgan fingerprint density at radius 1 is 1.14 bits per heavy atom. The molecule has 0 bridgehead atoms. The number of benzene rings is 1. The number of hydrogen-bond acceptors (Lipinski definition) is 5. The molecule has 0 N–H and O–H groups in total. The maximum Gasteiger partial charge on any atom is 0.186 e. The van der Waals surface area contributed by atoms with E-state index in [1.165, 1.54) is 0 Å². The van der Waals surface area contributed by atoms with Gasteiger partial charge in [0.1, 0.15) is 24.6 Å². The zero-order valence-electron chi connectivity index (χ0n) is 13.2. The van der Waals surface area contributed by atoms with Gasteiger partial charge in [-0.3, -0.25) is 0 Å². The minimum atomic E-state index is -0.468. The van der Waals surface area contributed by atoms with Crippen LogP contribution in [-0.4, -0.2) is 45.4 Å². The van der Waals surface area contributed by atoms with E-state index in [-0.39, 0.29) is 24.9 Å². The molecule has 1 aromatic rings. The van der Waals surface area contributed by atoms with Crippen LogP contribution in [0, 0.1) is 12.3 Å². The van der Waals surface area contributed by atoms with Gasteiger partial charge in [-0.25, -0.2) is 0 Å². The lowest BCUT2D eigenvalue weighted by molar-refractivity contribution is -0.158. The Morgan fingerprint density at radius 2 is 1.86 bits per heavy atom. The molecule has 0 aliphatic carbocycles. The molecule has 22 heavy (non-hydrogen) atoms. The molecule has 4 atom stereocenters. The molecule has 1 fully saturated rings. The summed E-state index contributed by atoms with van der Waals surface area (Å²) >= 11 is 0. The molecular weight excluding hydrogens is 284 g/mol. The second-order valence-corrected chi connectivity index (χ2v) is 5.05. The van der Waals surface area contributed by atoms with Gasteiger partial charge < -0.3 is 23.7 Å². The first-order valence-electron chi connectivity index (χ1n) is 7.17. The maximum absolute atomic E-state index is 5.98. The van der Waals surface area contributed by atoms with Crippen LogP contribution in [0.15, 0.2) is 24.3 Å². The molecule has 5 nitrogen and oxygen atoms in total. The summed E-state index contributed by atoms with van der Waals surface area (Å²) in [6.45, 7) is 2.58. The van der Waals surface area contributed by atoms with E-state index < -0.39 is 6.29 Å². The van der Waals surface area contributed by atoms with Crippen molar-refractivity contribution in [2.45, 2.75) is 38.1 Å². The van der Waals surface area contributed by atoms with E-state index in [0.717, 1.165) is 11.3 Å². The largest absolute Gasteiger partial charge is 0.497 e. The van der Waals surface area contributed by atoms with Gasteiger partial charge in [0.25, 0.3) is 0 Å². The van der Waals surface area contributed by atoms with Crippen molar-refractivity contribution >= 4 is 0 Å². The Hall–Kier alpha value is -1.58. The number of methoxy groups -OCH3 is 2. The Balaban J connectivity index is 1.97. The fourth-order valence-corrected chi connectivity index (χ4v) is 2.44. The van der Waals surface area contributed by atoms with Crippen molar-refractivity contribution in [3.8, 4) is 18.1 Å². The van der Waals surface area contributed by atoms with Gasteiger partial charge in [0.2, 0.25) is 0 Å². The molecule has 2 rings (SSSR count). The lowest BCUT2D eigenvalue weighted by Crippen LogP contribution is -2.37. The van der Waals surface area contributed by atoms with Crippen LogP contribution in [0.5, 0.6) is 5.75 Å². The van der Waals surface area contributed by atoms with Crippen LogP contribution >= 0.6 is 0 Å². The summed E-state index contributed by atoms with van der Waals surface area (Å²) in [5, 5.41) is 0. The van der Waals surface area contributed by atoms with Gasteiger partial charge in [-0.2, -0.15) is 0 Å². The van der Waals surface area contributed by atoms with Crippen LogP contribution in [-0.2, 0) is 25.6 Å².